The van der Waals surface area contributed by atoms with E-state index in [0.717, 1.165) is 0 Å². The van der Waals surface area contributed by atoms with Gasteiger partial charge in [0.2, 0.25) is 0 Å². The lowest BCUT2D eigenvalue weighted by atomic mass is 9.80. The molecule has 0 spiro atoms. The molecule has 226 valence electrons. The molecule has 2 rings (SSSR count). The molecule has 40 heavy (non-hydrogen) atoms. The molecule has 0 saturated heterocycles. The minimum Gasteiger partial charge on any atom is -0.479 e. The van der Waals surface area contributed by atoms with Crippen LogP contribution in [0.3, 0.4) is 0 Å². The van der Waals surface area contributed by atoms with Crippen LogP contribution in [-0.2, 0) is 33.4 Å². The van der Waals surface area contributed by atoms with Crippen LogP contribution in [0.25, 0.3) is 0 Å². The number of nitrogens with two attached hydrogens (primary N) is 1. The third-order valence-electron chi connectivity index (χ3n) is 5.08. The number of rotatable bonds is 11. The fourth-order valence-electron chi connectivity index (χ4n) is 3.39. The molecule has 2 unspecified atom stereocenters. The zero-order valence-corrected chi connectivity index (χ0v) is 22.7. The highest BCUT2D eigenvalue weighted by atomic mass is 35.5. The summed E-state index contributed by atoms with van der Waals surface area (Å²) in [5, 5.41) is 36.0. The summed E-state index contributed by atoms with van der Waals surface area (Å²) in [5.41, 5.74) is 7.70. The van der Waals surface area contributed by atoms with E-state index >= 15 is 0 Å². The molecule has 0 aliphatic carbocycles. The van der Waals surface area contributed by atoms with Crippen molar-refractivity contribution in [3.05, 3.63) is 57.4 Å². The minimum absolute atomic E-state index is 0. The number of esters is 2. The van der Waals surface area contributed by atoms with Gasteiger partial charge in [0.15, 0.2) is 12.2 Å². The van der Waals surface area contributed by atoms with Gasteiger partial charge in [-0.05, 0) is 25.5 Å². The Kier molecular flexibility index (Phi) is 18.0. The van der Waals surface area contributed by atoms with Crippen molar-refractivity contribution in [1.29, 1.82) is 0 Å². The lowest BCUT2D eigenvalue weighted by Crippen LogP contribution is -2.39. The highest BCUT2D eigenvalue weighted by Gasteiger charge is 2.39. The highest BCUT2D eigenvalue weighted by molar-refractivity contribution is 6.31. The van der Waals surface area contributed by atoms with Crippen LogP contribution in [0.2, 0.25) is 5.02 Å². The van der Waals surface area contributed by atoms with Crippen LogP contribution in [0.5, 0.6) is 0 Å². The molecule has 1 aromatic carbocycles. The maximum absolute atomic E-state index is 12.9. The van der Waals surface area contributed by atoms with Gasteiger partial charge in [0, 0.05) is 17.3 Å². The quantitative estimate of drug-likeness (QED) is 0.126. The Labute approximate surface area is 234 Å². The number of carboxylic acids is 2. The van der Waals surface area contributed by atoms with Crippen LogP contribution in [0.4, 0.5) is 0 Å². The first-order valence-electron chi connectivity index (χ1n) is 11.2. The topological polar surface area (TPSA) is 278 Å². The van der Waals surface area contributed by atoms with E-state index in [1.54, 1.807) is 38.1 Å². The Bertz CT molecular complexity index is 1070. The predicted molar refractivity (Wildman–Crippen MR) is 140 cm³/mol. The third kappa shape index (κ3) is 10.2. The fraction of sp³-hybridized carbons (Fsp3) is 0.417. The molecule has 1 aliphatic heterocycles. The lowest BCUT2D eigenvalue weighted by Gasteiger charge is -2.31. The first-order chi connectivity index (χ1) is 17.9. The average Bonchev–Trinajstić information content (AvgIpc) is 2.87. The number of benzene rings is 1. The van der Waals surface area contributed by atoms with Gasteiger partial charge in [-0.25, -0.2) is 19.2 Å². The van der Waals surface area contributed by atoms with Gasteiger partial charge in [-0.15, -0.1) is 0 Å². The predicted octanol–water partition coefficient (Wildman–Crippen LogP) is -1.51. The Morgan fingerprint density at radius 1 is 1.02 bits per heavy atom. The number of hydrogen-bond donors (Lipinski definition) is 6. The number of nitrogens with one attached hydrogen (secondary N) is 1. The largest absolute Gasteiger partial charge is 0.479 e. The zero-order chi connectivity index (χ0) is 29.0. The van der Waals surface area contributed by atoms with Gasteiger partial charge in [0.1, 0.15) is 0 Å². The zero-order valence-electron chi connectivity index (χ0n) is 22.0. The molecule has 0 amide bonds. The number of ether oxygens (including phenoxy) is 3. The van der Waals surface area contributed by atoms with Crippen LogP contribution in [0.1, 0.15) is 25.3 Å². The molecular formula is C24H35ClN2O13. The second kappa shape index (κ2) is 18.7. The molecule has 0 radical (unpaired) electrons. The molecule has 11 N–H and O–H groups in total. The van der Waals surface area contributed by atoms with E-state index in [2.05, 4.69) is 5.32 Å². The van der Waals surface area contributed by atoms with Crippen molar-refractivity contribution in [2.24, 2.45) is 5.73 Å². The van der Waals surface area contributed by atoms with Crippen molar-refractivity contribution in [1.82, 2.24) is 5.32 Å². The van der Waals surface area contributed by atoms with Gasteiger partial charge < -0.3 is 56.6 Å². The summed E-state index contributed by atoms with van der Waals surface area (Å²) in [6, 6.07) is 7.05. The number of halogens is 1. The van der Waals surface area contributed by atoms with Crippen molar-refractivity contribution in [2.45, 2.75) is 32.0 Å². The van der Waals surface area contributed by atoms with Gasteiger partial charge in [-0.1, -0.05) is 29.8 Å². The van der Waals surface area contributed by atoms with E-state index in [4.69, 9.17) is 52.0 Å². The normalized spacial score (nSPS) is 15.6. The van der Waals surface area contributed by atoms with Crippen molar-refractivity contribution in [2.75, 3.05) is 33.5 Å². The molecular weight excluding hydrogens is 560 g/mol. The molecule has 0 saturated carbocycles. The first-order valence-corrected chi connectivity index (χ1v) is 11.6. The average molecular weight is 595 g/mol. The number of aliphatic hydroxyl groups excluding tert-OH is 2. The van der Waals surface area contributed by atoms with Crippen LogP contribution in [0.15, 0.2) is 46.8 Å². The summed E-state index contributed by atoms with van der Waals surface area (Å²) in [6.45, 7) is 4.42. The number of aliphatic carboxylic acids is 2. The Hall–Kier alpha value is -3.57. The number of dihydropyridines is 1. The SMILES string of the molecule is CCOC(=O)C1=C(COCCN)NC(C)=C(C(=O)OC)[C@@H]1c1ccccc1Cl.O.O.O=C(O)C(O)C(O)C(=O)O. The van der Waals surface area contributed by atoms with Crippen molar-refractivity contribution >= 4 is 35.5 Å². The van der Waals surface area contributed by atoms with Gasteiger partial charge in [-0.3, -0.25) is 0 Å². The number of allylic oxidation sites excluding steroid dienone is 1. The number of hydrogen-bond acceptors (Lipinski definition) is 11. The molecule has 0 fully saturated rings. The number of carbonyl (C=O) groups excluding carboxylic acids is 2. The smallest absolute Gasteiger partial charge is 0.336 e. The summed E-state index contributed by atoms with van der Waals surface area (Å²) in [5.74, 6) is -5.40. The van der Waals surface area contributed by atoms with E-state index in [9.17, 15) is 19.2 Å². The van der Waals surface area contributed by atoms with Crippen molar-refractivity contribution < 1.29 is 64.8 Å². The summed E-state index contributed by atoms with van der Waals surface area (Å²) in [7, 11) is 1.29. The van der Waals surface area contributed by atoms with Crippen LogP contribution >= 0.6 is 11.6 Å². The van der Waals surface area contributed by atoms with Gasteiger partial charge in [-0.2, -0.15) is 0 Å². The summed E-state index contributed by atoms with van der Waals surface area (Å²) in [4.78, 5) is 45.0. The number of aliphatic hydroxyl groups is 2. The molecule has 1 aliphatic rings. The van der Waals surface area contributed by atoms with E-state index < -0.39 is 42.0 Å². The maximum Gasteiger partial charge on any atom is 0.336 e. The second-order valence-corrected chi connectivity index (χ2v) is 8.04. The summed E-state index contributed by atoms with van der Waals surface area (Å²) in [6.07, 6.45) is -4.53. The monoisotopic (exact) mass is 594 g/mol. The Balaban J connectivity index is 0. The molecule has 0 aromatic heterocycles. The highest BCUT2D eigenvalue weighted by Crippen LogP contribution is 2.41. The van der Waals surface area contributed by atoms with Gasteiger partial charge in [0.05, 0.1) is 49.7 Å². The molecule has 15 nitrogen and oxygen atoms in total. The van der Waals surface area contributed by atoms with Crippen molar-refractivity contribution in [3.63, 3.8) is 0 Å². The fourth-order valence-corrected chi connectivity index (χ4v) is 3.63. The van der Waals surface area contributed by atoms with Gasteiger partial charge in [0.25, 0.3) is 0 Å². The minimum atomic E-state index is -2.27. The molecule has 0 bridgehead atoms. The lowest BCUT2D eigenvalue weighted by molar-refractivity contribution is -0.165. The summed E-state index contributed by atoms with van der Waals surface area (Å²) < 4.78 is 15.8. The number of carboxylic acid groups (broad SMARTS) is 2. The Morgan fingerprint density at radius 3 is 2.02 bits per heavy atom. The maximum atomic E-state index is 12.9. The van der Waals surface area contributed by atoms with E-state index in [1.165, 1.54) is 7.11 Å². The van der Waals surface area contributed by atoms with E-state index in [-0.39, 0.29) is 29.7 Å². The molecule has 1 aromatic rings. The molecule has 3 atom stereocenters. The van der Waals surface area contributed by atoms with E-state index in [1.807, 2.05) is 0 Å². The molecule has 1 heterocycles. The first kappa shape index (κ1) is 38.6. The van der Waals surface area contributed by atoms with Crippen LogP contribution in [-0.4, -0.2) is 101 Å². The Morgan fingerprint density at radius 2 is 1.57 bits per heavy atom. The number of carbonyl (C=O) groups is 4. The van der Waals surface area contributed by atoms with Crippen molar-refractivity contribution in [3.8, 4) is 0 Å². The second-order valence-electron chi connectivity index (χ2n) is 7.63. The summed E-state index contributed by atoms with van der Waals surface area (Å²) >= 11 is 6.42. The van der Waals surface area contributed by atoms with Crippen LogP contribution < -0.4 is 11.1 Å². The van der Waals surface area contributed by atoms with Crippen LogP contribution in [0, 0.1) is 0 Å². The molecule has 16 heteroatoms. The third-order valence-corrected chi connectivity index (χ3v) is 5.42. The number of methoxy groups -OCH3 is 1. The standard InChI is InChI=1S/C20H25ClN2O5.C4H6O6.2H2O/c1-4-28-20(25)18-15(11-27-10-9-22)23-12(2)16(19(24)26-3)17(18)13-7-5-6-8-14(13)21;5-1(3(7)8)2(6)4(9)10;;/h5-8,17,23H,4,9-11,22H2,1-3H3;1-2,5-6H,(H,7,8)(H,9,10);2*1H2/t17-;;;/m0.../s1. The van der Waals surface area contributed by atoms with Gasteiger partial charge >= 0.3 is 23.9 Å². The van der Waals surface area contributed by atoms with E-state index in [0.29, 0.717) is 40.7 Å².